The Bertz CT molecular complexity index is 786. The van der Waals surface area contributed by atoms with E-state index in [-0.39, 0.29) is 11.8 Å². The SMILES string of the molecule is CCSc1nnc(NC(=O)/C=C/c2ccc(N3CCCC3=O)cc2)s1. The van der Waals surface area contributed by atoms with Gasteiger partial charge in [-0.15, -0.1) is 10.2 Å². The summed E-state index contributed by atoms with van der Waals surface area (Å²) < 4.78 is 0.842. The molecule has 1 aromatic heterocycles. The molecular weight excluding hydrogens is 356 g/mol. The first kappa shape index (κ1) is 17.6. The summed E-state index contributed by atoms with van der Waals surface area (Å²) in [6, 6.07) is 7.59. The number of rotatable bonds is 6. The predicted octanol–water partition coefficient (Wildman–Crippen LogP) is 3.43. The molecule has 0 saturated carbocycles. The monoisotopic (exact) mass is 374 g/mol. The summed E-state index contributed by atoms with van der Waals surface area (Å²) >= 11 is 2.95. The fourth-order valence-electron chi connectivity index (χ4n) is 2.45. The topological polar surface area (TPSA) is 75.2 Å². The summed E-state index contributed by atoms with van der Waals surface area (Å²) in [5, 5.41) is 11.1. The van der Waals surface area contributed by atoms with Crippen LogP contribution < -0.4 is 10.2 Å². The van der Waals surface area contributed by atoms with Gasteiger partial charge in [0.15, 0.2) is 4.34 Å². The number of hydrogen-bond donors (Lipinski definition) is 1. The largest absolute Gasteiger partial charge is 0.312 e. The van der Waals surface area contributed by atoms with E-state index in [9.17, 15) is 9.59 Å². The van der Waals surface area contributed by atoms with Crippen molar-refractivity contribution < 1.29 is 9.59 Å². The zero-order chi connectivity index (χ0) is 17.6. The molecule has 0 atom stereocenters. The maximum absolute atomic E-state index is 12.0. The number of nitrogens with one attached hydrogen (secondary N) is 1. The minimum Gasteiger partial charge on any atom is -0.312 e. The number of carbonyl (C=O) groups excluding carboxylic acids is 2. The molecule has 0 unspecified atom stereocenters. The summed E-state index contributed by atoms with van der Waals surface area (Å²) in [5.74, 6) is 0.838. The van der Waals surface area contributed by atoms with Crippen molar-refractivity contribution in [2.24, 2.45) is 0 Å². The second kappa shape index (κ2) is 8.26. The van der Waals surface area contributed by atoms with Gasteiger partial charge in [-0.3, -0.25) is 14.9 Å². The van der Waals surface area contributed by atoms with Crippen molar-refractivity contribution in [3.05, 3.63) is 35.9 Å². The summed E-state index contributed by atoms with van der Waals surface area (Å²) in [4.78, 5) is 25.5. The highest BCUT2D eigenvalue weighted by Gasteiger charge is 2.21. The molecule has 0 bridgehead atoms. The van der Waals surface area contributed by atoms with E-state index in [0.29, 0.717) is 11.6 Å². The lowest BCUT2D eigenvalue weighted by Crippen LogP contribution is -2.23. The fourth-order valence-corrected chi connectivity index (χ4v) is 4.10. The number of nitrogens with zero attached hydrogens (tertiary/aromatic N) is 3. The van der Waals surface area contributed by atoms with E-state index >= 15 is 0 Å². The molecule has 1 aromatic carbocycles. The van der Waals surface area contributed by atoms with E-state index in [4.69, 9.17) is 0 Å². The third kappa shape index (κ3) is 4.67. The number of thioether (sulfide) groups is 1. The first-order valence-electron chi connectivity index (χ1n) is 8.01. The molecular formula is C17H18N4O2S2. The molecule has 3 rings (SSSR count). The fraction of sp³-hybridized carbons (Fsp3) is 0.294. The minimum atomic E-state index is -0.247. The van der Waals surface area contributed by atoms with Crippen molar-refractivity contribution in [3.63, 3.8) is 0 Å². The van der Waals surface area contributed by atoms with E-state index < -0.39 is 0 Å². The van der Waals surface area contributed by atoms with E-state index in [1.165, 1.54) is 17.4 Å². The van der Waals surface area contributed by atoms with Gasteiger partial charge in [-0.1, -0.05) is 42.2 Å². The molecule has 0 aliphatic carbocycles. The average Bonchev–Trinajstić information content (AvgIpc) is 3.23. The van der Waals surface area contributed by atoms with Gasteiger partial charge in [-0.25, -0.2) is 0 Å². The summed E-state index contributed by atoms with van der Waals surface area (Å²) in [5.41, 5.74) is 1.80. The Balaban J connectivity index is 1.57. The molecule has 2 heterocycles. The van der Waals surface area contributed by atoms with Gasteiger partial charge < -0.3 is 4.90 Å². The van der Waals surface area contributed by atoms with Crippen LogP contribution in [0.5, 0.6) is 0 Å². The standard InChI is InChI=1S/C17H18N4O2S2/c1-2-24-17-20-19-16(25-17)18-14(22)10-7-12-5-8-13(9-6-12)21-11-3-4-15(21)23/h5-10H,2-4,11H2,1H3,(H,18,19,22)/b10-7+. The molecule has 1 aliphatic rings. The number of carbonyl (C=O) groups is 2. The number of anilines is 2. The van der Waals surface area contributed by atoms with Gasteiger partial charge in [0.05, 0.1) is 0 Å². The highest BCUT2D eigenvalue weighted by atomic mass is 32.2. The third-order valence-corrected chi connectivity index (χ3v) is 5.46. The Morgan fingerprint density at radius 3 is 2.84 bits per heavy atom. The van der Waals surface area contributed by atoms with Crippen LogP contribution in [0.4, 0.5) is 10.8 Å². The Kier molecular flexibility index (Phi) is 5.83. The van der Waals surface area contributed by atoms with Crippen molar-refractivity contribution in [2.45, 2.75) is 24.1 Å². The second-order valence-corrected chi connectivity index (χ2v) is 7.86. The molecule has 0 radical (unpaired) electrons. The zero-order valence-electron chi connectivity index (χ0n) is 13.8. The van der Waals surface area contributed by atoms with Crippen LogP contribution in [0.3, 0.4) is 0 Å². The summed E-state index contributed by atoms with van der Waals surface area (Å²) in [6.07, 6.45) is 4.72. The molecule has 1 saturated heterocycles. The van der Waals surface area contributed by atoms with E-state index in [0.717, 1.165) is 34.3 Å². The molecule has 1 fully saturated rings. The Morgan fingerprint density at radius 1 is 1.36 bits per heavy atom. The number of benzene rings is 1. The Hall–Kier alpha value is -2.19. The van der Waals surface area contributed by atoms with Crippen LogP contribution in [0.15, 0.2) is 34.7 Å². The summed E-state index contributed by atoms with van der Waals surface area (Å²) in [6.45, 7) is 2.81. The van der Waals surface area contributed by atoms with Gasteiger partial charge in [0.2, 0.25) is 16.9 Å². The molecule has 25 heavy (non-hydrogen) atoms. The normalized spacial score (nSPS) is 14.4. The molecule has 130 valence electrons. The predicted molar refractivity (Wildman–Crippen MR) is 102 cm³/mol. The molecule has 2 amide bonds. The van der Waals surface area contributed by atoms with Gasteiger partial charge in [0, 0.05) is 24.7 Å². The van der Waals surface area contributed by atoms with Crippen LogP contribution in [0, 0.1) is 0 Å². The Labute approximate surface area is 154 Å². The van der Waals surface area contributed by atoms with Crippen LogP contribution >= 0.6 is 23.1 Å². The summed E-state index contributed by atoms with van der Waals surface area (Å²) in [7, 11) is 0. The number of amides is 2. The molecule has 8 heteroatoms. The number of aromatic nitrogens is 2. The molecule has 1 aliphatic heterocycles. The van der Waals surface area contributed by atoms with Gasteiger partial charge in [0.25, 0.3) is 0 Å². The van der Waals surface area contributed by atoms with Gasteiger partial charge >= 0.3 is 0 Å². The van der Waals surface area contributed by atoms with Crippen molar-refractivity contribution in [1.29, 1.82) is 0 Å². The van der Waals surface area contributed by atoms with Crippen LogP contribution in [0.25, 0.3) is 6.08 Å². The van der Waals surface area contributed by atoms with E-state index in [1.807, 2.05) is 31.2 Å². The lowest BCUT2D eigenvalue weighted by molar-refractivity contribution is -0.117. The maximum atomic E-state index is 12.0. The third-order valence-electron chi connectivity index (χ3n) is 3.61. The van der Waals surface area contributed by atoms with Crippen molar-refractivity contribution in [3.8, 4) is 0 Å². The van der Waals surface area contributed by atoms with Crippen LogP contribution in [0.2, 0.25) is 0 Å². The minimum absolute atomic E-state index is 0.167. The highest BCUT2D eigenvalue weighted by Crippen LogP contribution is 2.25. The first-order chi connectivity index (χ1) is 12.2. The van der Waals surface area contributed by atoms with Gasteiger partial charge in [-0.05, 0) is 35.9 Å². The van der Waals surface area contributed by atoms with Crippen molar-refractivity contribution in [2.75, 3.05) is 22.5 Å². The molecule has 1 N–H and O–H groups in total. The van der Waals surface area contributed by atoms with Crippen molar-refractivity contribution in [1.82, 2.24) is 10.2 Å². The maximum Gasteiger partial charge on any atom is 0.250 e. The van der Waals surface area contributed by atoms with E-state index in [1.54, 1.807) is 22.7 Å². The highest BCUT2D eigenvalue weighted by molar-refractivity contribution is 8.01. The van der Waals surface area contributed by atoms with Crippen LogP contribution in [0.1, 0.15) is 25.3 Å². The quantitative estimate of drug-likeness (QED) is 0.476. The van der Waals surface area contributed by atoms with E-state index in [2.05, 4.69) is 15.5 Å². The van der Waals surface area contributed by atoms with Gasteiger partial charge in [-0.2, -0.15) is 0 Å². The molecule has 6 nitrogen and oxygen atoms in total. The molecule has 2 aromatic rings. The van der Waals surface area contributed by atoms with Crippen LogP contribution in [-0.2, 0) is 9.59 Å². The molecule has 0 spiro atoms. The lowest BCUT2D eigenvalue weighted by atomic mass is 10.2. The average molecular weight is 374 g/mol. The second-order valence-electron chi connectivity index (χ2n) is 5.37. The zero-order valence-corrected chi connectivity index (χ0v) is 15.4. The van der Waals surface area contributed by atoms with Crippen molar-refractivity contribution >= 4 is 51.8 Å². The first-order valence-corrected chi connectivity index (χ1v) is 9.81. The number of hydrogen-bond acceptors (Lipinski definition) is 6. The van der Waals surface area contributed by atoms with Gasteiger partial charge in [0.1, 0.15) is 0 Å². The van der Waals surface area contributed by atoms with Crippen LogP contribution in [-0.4, -0.2) is 34.3 Å². The lowest BCUT2D eigenvalue weighted by Gasteiger charge is -2.15. The Morgan fingerprint density at radius 2 is 2.16 bits per heavy atom. The smallest absolute Gasteiger partial charge is 0.250 e.